The fourth-order valence-electron chi connectivity index (χ4n) is 3.44. The van der Waals surface area contributed by atoms with Gasteiger partial charge in [0.2, 0.25) is 5.91 Å². The number of carbonyl (C=O) groups is 1. The number of hydrogen-bond acceptors (Lipinski definition) is 2. The summed E-state index contributed by atoms with van der Waals surface area (Å²) in [7, 11) is 0. The normalized spacial score (nSPS) is 11.2. The zero-order valence-corrected chi connectivity index (χ0v) is 17.2. The first-order chi connectivity index (χ1) is 14.0. The third-order valence-electron chi connectivity index (χ3n) is 4.89. The Bertz CT molecular complexity index is 1240. The van der Waals surface area contributed by atoms with Crippen LogP contribution in [0.25, 0.3) is 16.6 Å². The Morgan fingerprint density at radius 1 is 1.03 bits per heavy atom. The molecule has 0 fully saturated rings. The first kappa shape index (κ1) is 19.4. The van der Waals surface area contributed by atoms with Gasteiger partial charge in [-0.25, -0.2) is 4.39 Å². The molecular weight excluding hydrogens is 437 g/mol. The molecule has 2 aromatic carbocycles. The van der Waals surface area contributed by atoms with Crippen molar-refractivity contribution >= 4 is 38.4 Å². The zero-order valence-electron chi connectivity index (χ0n) is 15.6. The molecule has 29 heavy (non-hydrogen) atoms. The molecule has 4 aromatic rings. The molecule has 0 radical (unpaired) electrons. The van der Waals surface area contributed by atoms with E-state index in [0.717, 1.165) is 21.1 Å². The van der Waals surface area contributed by atoms with E-state index >= 15 is 0 Å². The summed E-state index contributed by atoms with van der Waals surface area (Å²) in [4.78, 5) is 25.1. The van der Waals surface area contributed by atoms with Crippen molar-refractivity contribution in [2.24, 2.45) is 0 Å². The molecule has 4 rings (SSSR count). The smallest absolute Gasteiger partial charge is 0.275 e. The van der Waals surface area contributed by atoms with Gasteiger partial charge in [-0.2, -0.15) is 0 Å². The maximum Gasteiger partial charge on any atom is 0.275 e. The van der Waals surface area contributed by atoms with E-state index in [0.29, 0.717) is 31.4 Å². The lowest BCUT2D eigenvalue weighted by molar-refractivity contribution is -0.121. The van der Waals surface area contributed by atoms with Gasteiger partial charge in [0.1, 0.15) is 11.3 Å². The number of nitrogens with zero attached hydrogens (tertiary/aromatic N) is 2. The van der Waals surface area contributed by atoms with Gasteiger partial charge in [0.15, 0.2) is 0 Å². The Balaban J connectivity index is 1.47. The van der Waals surface area contributed by atoms with Crippen LogP contribution in [0.2, 0.25) is 0 Å². The number of amides is 1. The van der Waals surface area contributed by atoms with Crippen LogP contribution < -0.4 is 10.9 Å². The molecule has 0 aliphatic rings. The summed E-state index contributed by atoms with van der Waals surface area (Å²) in [5.41, 5.74) is 3.13. The summed E-state index contributed by atoms with van der Waals surface area (Å²) in [6.45, 7) is 0.794. The SMILES string of the molecule is O=C(CCCn1c(=O)c2cccn2c2ccc(Br)cc21)NCc1ccc(F)cc1. The average molecular weight is 456 g/mol. The molecule has 0 aliphatic heterocycles. The number of nitrogens with one attached hydrogen (secondary N) is 1. The first-order valence-corrected chi connectivity index (χ1v) is 10.1. The van der Waals surface area contributed by atoms with Crippen molar-refractivity contribution in [3.63, 3.8) is 0 Å². The second-order valence-corrected chi connectivity index (χ2v) is 7.78. The average Bonchev–Trinajstić information content (AvgIpc) is 3.20. The van der Waals surface area contributed by atoms with Crippen molar-refractivity contribution in [3.05, 3.63) is 87.0 Å². The highest BCUT2D eigenvalue weighted by atomic mass is 79.9. The topological polar surface area (TPSA) is 55.5 Å². The van der Waals surface area contributed by atoms with Crippen LogP contribution >= 0.6 is 15.9 Å². The standard InChI is InChI=1S/C22H19BrFN3O2/c23-16-7-10-18-20(13-16)27(22(29)19-3-1-11-26(18)19)12-2-4-21(28)25-14-15-5-8-17(24)9-6-15/h1,3,5-11,13H,2,4,12,14H2,(H,25,28). The fraction of sp³-hybridized carbons (Fsp3) is 0.182. The third kappa shape index (κ3) is 4.10. The van der Waals surface area contributed by atoms with E-state index < -0.39 is 0 Å². The summed E-state index contributed by atoms with van der Waals surface area (Å²) in [5, 5.41) is 2.83. The number of rotatable bonds is 6. The number of hydrogen-bond donors (Lipinski definition) is 1. The van der Waals surface area contributed by atoms with Crippen LogP contribution in [0.15, 0.2) is 70.1 Å². The van der Waals surface area contributed by atoms with E-state index in [2.05, 4.69) is 21.2 Å². The number of benzene rings is 2. The number of halogens is 2. The molecule has 2 aromatic heterocycles. The van der Waals surface area contributed by atoms with Crippen molar-refractivity contribution in [1.29, 1.82) is 0 Å². The second kappa shape index (κ2) is 8.21. The van der Waals surface area contributed by atoms with E-state index in [-0.39, 0.29) is 17.3 Å². The van der Waals surface area contributed by atoms with Gasteiger partial charge in [0.05, 0.1) is 11.0 Å². The van der Waals surface area contributed by atoms with Crippen LogP contribution in [-0.4, -0.2) is 14.9 Å². The van der Waals surface area contributed by atoms with Gasteiger partial charge in [-0.15, -0.1) is 0 Å². The Kier molecular flexibility index (Phi) is 5.49. The van der Waals surface area contributed by atoms with Crippen LogP contribution in [-0.2, 0) is 17.9 Å². The van der Waals surface area contributed by atoms with Gasteiger partial charge in [-0.1, -0.05) is 28.1 Å². The lowest BCUT2D eigenvalue weighted by Crippen LogP contribution is -2.25. The van der Waals surface area contributed by atoms with Crippen LogP contribution in [0, 0.1) is 5.82 Å². The summed E-state index contributed by atoms with van der Waals surface area (Å²) < 4.78 is 17.4. The molecule has 0 saturated carbocycles. The molecular formula is C22H19BrFN3O2. The molecule has 0 saturated heterocycles. The molecule has 0 atom stereocenters. The maximum atomic E-state index is 12.9. The van der Waals surface area contributed by atoms with E-state index in [4.69, 9.17) is 0 Å². The lowest BCUT2D eigenvalue weighted by atomic mass is 10.2. The molecule has 0 bridgehead atoms. The van der Waals surface area contributed by atoms with E-state index in [9.17, 15) is 14.0 Å². The summed E-state index contributed by atoms with van der Waals surface area (Å²) >= 11 is 3.47. The maximum absolute atomic E-state index is 12.9. The van der Waals surface area contributed by atoms with Crippen molar-refractivity contribution < 1.29 is 9.18 Å². The highest BCUT2D eigenvalue weighted by molar-refractivity contribution is 9.10. The molecule has 148 valence electrons. The first-order valence-electron chi connectivity index (χ1n) is 9.33. The van der Waals surface area contributed by atoms with Gasteiger partial charge in [-0.05, 0) is 54.4 Å². The minimum Gasteiger partial charge on any atom is -0.352 e. The quantitative estimate of drug-likeness (QED) is 0.472. The van der Waals surface area contributed by atoms with Crippen molar-refractivity contribution in [3.8, 4) is 0 Å². The van der Waals surface area contributed by atoms with Gasteiger partial charge >= 0.3 is 0 Å². The fourth-order valence-corrected chi connectivity index (χ4v) is 3.79. The molecule has 7 heteroatoms. The Morgan fingerprint density at radius 3 is 2.62 bits per heavy atom. The third-order valence-corrected chi connectivity index (χ3v) is 5.38. The monoisotopic (exact) mass is 455 g/mol. The van der Waals surface area contributed by atoms with Crippen LogP contribution in [0.3, 0.4) is 0 Å². The predicted molar refractivity (Wildman–Crippen MR) is 114 cm³/mol. The van der Waals surface area contributed by atoms with Gasteiger partial charge in [-0.3, -0.25) is 9.59 Å². The van der Waals surface area contributed by atoms with Gasteiger partial charge in [0.25, 0.3) is 5.56 Å². The Labute approximate surface area is 174 Å². The van der Waals surface area contributed by atoms with Gasteiger partial charge in [0, 0.05) is 30.2 Å². The lowest BCUT2D eigenvalue weighted by Gasteiger charge is -2.13. The van der Waals surface area contributed by atoms with Crippen LogP contribution in [0.4, 0.5) is 4.39 Å². The van der Waals surface area contributed by atoms with Gasteiger partial charge < -0.3 is 14.3 Å². The molecule has 0 spiro atoms. The van der Waals surface area contributed by atoms with Crippen molar-refractivity contribution in [2.75, 3.05) is 0 Å². The van der Waals surface area contributed by atoms with Crippen LogP contribution in [0.1, 0.15) is 18.4 Å². The highest BCUT2D eigenvalue weighted by Gasteiger charge is 2.11. The number of aromatic nitrogens is 2. The number of fused-ring (bicyclic) bond motifs is 3. The number of carbonyl (C=O) groups excluding carboxylic acids is 1. The van der Waals surface area contributed by atoms with E-state index in [1.165, 1.54) is 12.1 Å². The molecule has 1 amide bonds. The molecule has 0 aliphatic carbocycles. The van der Waals surface area contributed by atoms with E-state index in [1.807, 2.05) is 34.9 Å². The summed E-state index contributed by atoms with van der Waals surface area (Å²) in [5.74, 6) is -0.402. The summed E-state index contributed by atoms with van der Waals surface area (Å²) in [6, 6.07) is 15.5. The van der Waals surface area contributed by atoms with E-state index in [1.54, 1.807) is 22.8 Å². The number of aryl methyl sites for hydroxylation is 1. The zero-order chi connectivity index (χ0) is 20.4. The molecule has 5 nitrogen and oxygen atoms in total. The minimum atomic E-state index is -0.302. The van der Waals surface area contributed by atoms with Crippen LogP contribution in [0.5, 0.6) is 0 Å². The molecule has 2 heterocycles. The Hall–Kier alpha value is -2.93. The summed E-state index contributed by atoms with van der Waals surface area (Å²) in [6.07, 6.45) is 2.71. The largest absolute Gasteiger partial charge is 0.352 e. The van der Waals surface area contributed by atoms with Crippen molar-refractivity contribution in [1.82, 2.24) is 14.3 Å². The Morgan fingerprint density at radius 2 is 1.83 bits per heavy atom. The highest BCUT2D eigenvalue weighted by Crippen LogP contribution is 2.20. The molecule has 1 N–H and O–H groups in total. The minimum absolute atomic E-state index is 0.0766. The second-order valence-electron chi connectivity index (χ2n) is 6.86. The molecule has 0 unspecified atom stereocenters. The predicted octanol–water partition coefficient (Wildman–Crippen LogP) is 4.25. The van der Waals surface area contributed by atoms with Crippen molar-refractivity contribution in [2.45, 2.75) is 25.9 Å².